The van der Waals surface area contributed by atoms with E-state index in [1.807, 2.05) is 0 Å². The summed E-state index contributed by atoms with van der Waals surface area (Å²) in [6, 6.07) is 13.4. The lowest BCUT2D eigenvalue weighted by atomic mass is 10.0. The Morgan fingerprint density at radius 3 is 2.50 bits per heavy atom. The highest BCUT2D eigenvalue weighted by Crippen LogP contribution is 2.22. The number of ketones is 1. The fourth-order valence-electron chi connectivity index (χ4n) is 1.97. The van der Waals surface area contributed by atoms with Gasteiger partial charge in [-0.05, 0) is 24.3 Å². The summed E-state index contributed by atoms with van der Waals surface area (Å²) < 4.78 is 18.8. The highest BCUT2D eigenvalue weighted by molar-refractivity contribution is 6.14. The number of halogens is 1. The SMILES string of the molecule is N#C/C(=C\c1ccccc1OCC(=O)O)C(=O)c1ccccc1F. The molecule has 0 spiro atoms. The molecule has 0 amide bonds. The number of allylic oxidation sites excluding steroid dienone is 1. The molecule has 0 radical (unpaired) electrons. The van der Waals surface area contributed by atoms with Crippen molar-refractivity contribution in [1.29, 1.82) is 5.26 Å². The van der Waals surface area contributed by atoms with Crippen molar-refractivity contribution in [3.8, 4) is 11.8 Å². The lowest BCUT2D eigenvalue weighted by Gasteiger charge is -2.07. The van der Waals surface area contributed by atoms with E-state index in [-0.39, 0.29) is 16.9 Å². The van der Waals surface area contributed by atoms with Crippen molar-refractivity contribution in [1.82, 2.24) is 0 Å². The zero-order valence-electron chi connectivity index (χ0n) is 12.4. The van der Waals surface area contributed by atoms with Gasteiger partial charge in [0.2, 0.25) is 5.78 Å². The van der Waals surface area contributed by atoms with E-state index in [1.165, 1.54) is 30.3 Å². The van der Waals surface area contributed by atoms with E-state index < -0.39 is 24.2 Å². The molecule has 2 aromatic rings. The maximum atomic E-state index is 13.7. The number of ether oxygens (including phenoxy) is 1. The van der Waals surface area contributed by atoms with Crippen LogP contribution in [0.15, 0.2) is 54.1 Å². The predicted octanol–water partition coefficient (Wildman–Crippen LogP) is 3.08. The molecule has 24 heavy (non-hydrogen) atoms. The summed E-state index contributed by atoms with van der Waals surface area (Å²) in [5.74, 6) is -2.44. The van der Waals surface area contributed by atoms with Crippen LogP contribution in [0.5, 0.6) is 5.75 Å². The van der Waals surface area contributed by atoms with Crippen LogP contribution in [0.3, 0.4) is 0 Å². The molecule has 0 aliphatic carbocycles. The van der Waals surface area contributed by atoms with Gasteiger partial charge >= 0.3 is 5.97 Å². The van der Waals surface area contributed by atoms with Crippen molar-refractivity contribution in [3.05, 3.63) is 71.0 Å². The molecular weight excluding hydrogens is 313 g/mol. The van der Waals surface area contributed by atoms with Crippen molar-refractivity contribution in [3.63, 3.8) is 0 Å². The van der Waals surface area contributed by atoms with Crippen LogP contribution in [0, 0.1) is 17.1 Å². The van der Waals surface area contributed by atoms with Gasteiger partial charge in [0.05, 0.1) is 5.56 Å². The fourth-order valence-corrected chi connectivity index (χ4v) is 1.97. The minimum absolute atomic E-state index is 0.203. The number of para-hydroxylation sites is 1. The predicted molar refractivity (Wildman–Crippen MR) is 83.9 cm³/mol. The van der Waals surface area contributed by atoms with Gasteiger partial charge in [0.25, 0.3) is 0 Å². The first kappa shape index (κ1) is 16.9. The van der Waals surface area contributed by atoms with Gasteiger partial charge in [-0.15, -0.1) is 0 Å². The molecule has 120 valence electrons. The van der Waals surface area contributed by atoms with Gasteiger partial charge in [-0.2, -0.15) is 5.26 Å². The highest BCUT2D eigenvalue weighted by Gasteiger charge is 2.16. The number of benzene rings is 2. The normalized spacial score (nSPS) is 10.8. The van der Waals surface area contributed by atoms with E-state index in [1.54, 1.807) is 24.3 Å². The molecule has 0 saturated carbocycles. The smallest absolute Gasteiger partial charge is 0.341 e. The quantitative estimate of drug-likeness (QED) is 0.501. The number of carbonyl (C=O) groups is 2. The number of hydrogen-bond acceptors (Lipinski definition) is 4. The van der Waals surface area contributed by atoms with Gasteiger partial charge < -0.3 is 9.84 Å². The van der Waals surface area contributed by atoms with Gasteiger partial charge in [0, 0.05) is 5.56 Å². The van der Waals surface area contributed by atoms with E-state index in [0.717, 1.165) is 6.07 Å². The first-order valence-electron chi connectivity index (χ1n) is 6.87. The monoisotopic (exact) mass is 325 g/mol. The third kappa shape index (κ3) is 4.05. The number of carbonyl (C=O) groups excluding carboxylic acids is 1. The molecular formula is C18H12FNO4. The maximum absolute atomic E-state index is 13.7. The molecule has 1 N–H and O–H groups in total. The fraction of sp³-hybridized carbons (Fsp3) is 0.0556. The molecule has 0 fully saturated rings. The maximum Gasteiger partial charge on any atom is 0.341 e. The Bertz CT molecular complexity index is 852. The molecule has 0 aliphatic heterocycles. The summed E-state index contributed by atoms with van der Waals surface area (Å²) in [5, 5.41) is 17.9. The van der Waals surface area contributed by atoms with Crippen LogP contribution < -0.4 is 4.74 Å². The minimum atomic E-state index is -1.16. The summed E-state index contributed by atoms with van der Waals surface area (Å²) in [7, 11) is 0. The Kier molecular flexibility index (Phi) is 5.42. The zero-order valence-corrected chi connectivity index (χ0v) is 12.4. The average Bonchev–Trinajstić information content (AvgIpc) is 2.58. The minimum Gasteiger partial charge on any atom is -0.481 e. The second kappa shape index (κ2) is 7.70. The largest absolute Gasteiger partial charge is 0.481 e. The number of hydrogen-bond donors (Lipinski definition) is 1. The topological polar surface area (TPSA) is 87.4 Å². The van der Waals surface area contributed by atoms with Crippen molar-refractivity contribution in [2.45, 2.75) is 0 Å². The van der Waals surface area contributed by atoms with Crippen LogP contribution in [0.25, 0.3) is 6.08 Å². The van der Waals surface area contributed by atoms with Gasteiger partial charge in [0.15, 0.2) is 6.61 Å². The average molecular weight is 325 g/mol. The van der Waals surface area contributed by atoms with E-state index in [0.29, 0.717) is 5.56 Å². The van der Waals surface area contributed by atoms with E-state index in [4.69, 9.17) is 9.84 Å². The molecule has 0 aliphatic rings. The summed E-state index contributed by atoms with van der Waals surface area (Å²) >= 11 is 0. The van der Waals surface area contributed by atoms with Crippen molar-refractivity contribution < 1.29 is 23.8 Å². The summed E-state index contributed by atoms with van der Waals surface area (Å²) in [4.78, 5) is 22.9. The van der Waals surface area contributed by atoms with E-state index in [9.17, 15) is 19.2 Å². The Morgan fingerprint density at radius 2 is 1.83 bits per heavy atom. The third-order valence-electron chi connectivity index (χ3n) is 3.05. The molecule has 2 aromatic carbocycles. The van der Waals surface area contributed by atoms with Crippen molar-refractivity contribution in [2.75, 3.05) is 6.61 Å². The zero-order chi connectivity index (χ0) is 17.5. The lowest BCUT2D eigenvalue weighted by molar-refractivity contribution is -0.139. The summed E-state index contributed by atoms with van der Waals surface area (Å²) in [6.07, 6.45) is 1.24. The Hall–Kier alpha value is -3.46. The summed E-state index contributed by atoms with van der Waals surface area (Å²) in [5.41, 5.74) is -0.152. The van der Waals surface area contributed by atoms with Crippen LogP contribution in [-0.2, 0) is 4.79 Å². The number of Topliss-reactive ketones (excluding diaryl/α,β-unsaturated/α-hetero) is 1. The third-order valence-corrected chi connectivity index (χ3v) is 3.05. The highest BCUT2D eigenvalue weighted by atomic mass is 19.1. The van der Waals surface area contributed by atoms with Crippen LogP contribution in [0.1, 0.15) is 15.9 Å². The van der Waals surface area contributed by atoms with Crippen LogP contribution in [0.4, 0.5) is 4.39 Å². The van der Waals surface area contributed by atoms with E-state index in [2.05, 4.69) is 0 Å². The molecule has 0 saturated heterocycles. The van der Waals surface area contributed by atoms with Gasteiger partial charge in [-0.3, -0.25) is 4.79 Å². The van der Waals surface area contributed by atoms with Gasteiger partial charge in [-0.1, -0.05) is 30.3 Å². The first-order chi connectivity index (χ1) is 11.5. The number of aliphatic carboxylic acids is 1. The van der Waals surface area contributed by atoms with E-state index >= 15 is 0 Å². The number of nitriles is 1. The van der Waals surface area contributed by atoms with Gasteiger partial charge in [0.1, 0.15) is 23.2 Å². The molecule has 6 heteroatoms. The van der Waals surface area contributed by atoms with Gasteiger partial charge in [-0.25, -0.2) is 9.18 Å². The molecule has 5 nitrogen and oxygen atoms in total. The van der Waals surface area contributed by atoms with Crippen LogP contribution in [0.2, 0.25) is 0 Å². The first-order valence-corrected chi connectivity index (χ1v) is 6.87. The number of carboxylic acid groups (broad SMARTS) is 1. The molecule has 0 bridgehead atoms. The summed E-state index contributed by atoms with van der Waals surface area (Å²) in [6.45, 7) is -0.562. The molecule has 0 unspecified atom stereocenters. The Balaban J connectivity index is 2.38. The number of carboxylic acids is 1. The Morgan fingerprint density at radius 1 is 1.17 bits per heavy atom. The molecule has 0 aromatic heterocycles. The number of nitrogens with zero attached hydrogens (tertiary/aromatic N) is 1. The molecule has 0 heterocycles. The van der Waals surface area contributed by atoms with Crippen molar-refractivity contribution >= 4 is 17.8 Å². The molecule has 2 rings (SSSR count). The second-order valence-corrected chi connectivity index (χ2v) is 4.70. The molecule has 0 atom stereocenters. The van der Waals surface area contributed by atoms with Crippen molar-refractivity contribution in [2.24, 2.45) is 0 Å². The lowest BCUT2D eigenvalue weighted by Crippen LogP contribution is -2.10. The number of rotatable bonds is 6. The standard InChI is InChI=1S/C18H12FNO4/c19-15-7-3-2-6-14(15)18(23)13(10-20)9-12-5-1-4-8-16(12)24-11-17(21)22/h1-9H,11H2,(H,21,22)/b13-9+. The Labute approximate surface area is 137 Å². The van der Waals surface area contributed by atoms with Crippen LogP contribution >= 0.6 is 0 Å². The van der Waals surface area contributed by atoms with Crippen LogP contribution in [-0.4, -0.2) is 23.5 Å². The second-order valence-electron chi connectivity index (χ2n) is 4.70.